The van der Waals surface area contributed by atoms with Crippen LogP contribution in [0.1, 0.15) is 0 Å². The zero-order chi connectivity index (χ0) is 80.0. The maximum absolute atomic E-state index is 6.97. The number of para-hydroxylation sites is 2. The van der Waals surface area contributed by atoms with E-state index in [0.717, 1.165) is 171 Å². The number of nitrogens with zero attached hydrogens (tertiary/aromatic N) is 2. The van der Waals surface area contributed by atoms with Crippen LogP contribution in [0, 0.1) is 0 Å². The van der Waals surface area contributed by atoms with Crippen molar-refractivity contribution in [2.75, 3.05) is 9.80 Å². The lowest BCUT2D eigenvalue weighted by molar-refractivity contribution is 0.668. The van der Waals surface area contributed by atoms with Crippen molar-refractivity contribution in [3.63, 3.8) is 0 Å². The Morgan fingerprint density at radius 3 is 1.09 bits per heavy atom. The summed E-state index contributed by atoms with van der Waals surface area (Å²) in [4.78, 5) is 4.87. The van der Waals surface area contributed by atoms with E-state index in [1.54, 1.807) is 0 Å². The summed E-state index contributed by atoms with van der Waals surface area (Å²) in [6, 6.07) is 149. The van der Waals surface area contributed by atoms with Gasteiger partial charge in [0.05, 0.1) is 17.1 Å². The predicted molar refractivity (Wildman–Crippen MR) is 517 cm³/mol. The summed E-state index contributed by atoms with van der Waals surface area (Å²) in [5.41, 5.74) is 25.2. The molecule has 0 unspecified atom stereocenters. The quantitative estimate of drug-likeness (QED) is 0.129. The fourth-order valence-electron chi connectivity index (χ4n) is 18.9. The number of thiophene rings is 2. The first-order valence-electron chi connectivity index (χ1n) is 41.3. The molecule has 6 heterocycles. The second kappa shape index (κ2) is 28.1. The lowest BCUT2D eigenvalue weighted by Crippen LogP contribution is -2.11. The Morgan fingerprint density at radius 2 is 0.549 bits per heavy atom. The highest BCUT2D eigenvalue weighted by Gasteiger charge is 2.27. The molecule has 0 aliphatic rings. The minimum atomic E-state index is 0.860. The minimum absolute atomic E-state index is 0.860. The van der Waals surface area contributed by atoms with Gasteiger partial charge in [-0.25, -0.2) is 0 Å². The molecule has 0 aliphatic heterocycles. The summed E-state index contributed by atoms with van der Waals surface area (Å²) in [5, 5.41) is 20.7. The molecule has 122 heavy (non-hydrogen) atoms. The van der Waals surface area contributed by atoms with Gasteiger partial charge in [0.15, 0.2) is 0 Å². The van der Waals surface area contributed by atoms with Gasteiger partial charge in [0.25, 0.3) is 0 Å². The Bertz CT molecular complexity index is 8760. The van der Waals surface area contributed by atoms with Crippen LogP contribution in [-0.4, -0.2) is 0 Å². The van der Waals surface area contributed by atoms with Crippen LogP contribution in [0.5, 0.6) is 0 Å². The van der Waals surface area contributed by atoms with Crippen molar-refractivity contribution in [3.05, 3.63) is 413 Å². The third-order valence-corrected chi connectivity index (χ3v) is 27.0. The van der Waals surface area contributed by atoms with E-state index >= 15 is 0 Å². The summed E-state index contributed by atoms with van der Waals surface area (Å²) < 4.78 is 31.4. The van der Waals surface area contributed by atoms with Crippen molar-refractivity contribution in [1.29, 1.82) is 0 Å². The van der Waals surface area contributed by atoms with E-state index in [9.17, 15) is 0 Å². The van der Waals surface area contributed by atoms with Crippen LogP contribution in [0.25, 0.3) is 216 Å². The number of anilines is 6. The standard InChI is InChI=1S/C58H35NO2S.C56H33NO2S/c1-2-11-36(12-3-1)38-14-8-15-39(31-38)40-16-9-17-43(32-40)59(44-26-30-56-50(35-44)46-19-5-7-22-55(46)62-56)51-20-10-13-37-23-27-47-49-34-42(25-29-54(49)61-58(47)57(37)51)41-24-28-53-48(33-41)45-18-4-6-21-52(45)60-53;1-2-11-34(12-3-1)39-26-27-48(41-15-5-4-14-40(39)41)57(38-24-30-54-47(33-38)43-17-7-9-20-53(43)60-54)49-18-10-13-35-21-25-44-46-32-37(23-29-52(46)59-56(44)55(35)49)36-22-28-51-45(31-36)42-16-6-8-19-50(42)58-51/h1-35H;1-33H. The number of rotatable bonds is 11. The Kier molecular flexibility index (Phi) is 16.0. The summed E-state index contributed by atoms with van der Waals surface area (Å²) in [6.07, 6.45) is 0. The van der Waals surface area contributed by atoms with Crippen molar-refractivity contribution in [2.45, 2.75) is 0 Å². The summed E-state index contributed by atoms with van der Waals surface area (Å²) in [5.74, 6) is 0. The number of benzene rings is 20. The van der Waals surface area contributed by atoms with Crippen LogP contribution in [0.2, 0.25) is 0 Å². The van der Waals surface area contributed by atoms with E-state index in [0.29, 0.717) is 0 Å². The number of hydrogen-bond donors (Lipinski definition) is 0. The van der Waals surface area contributed by atoms with E-state index < -0.39 is 0 Å². The molecule has 0 saturated carbocycles. The maximum atomic E-state index is 6.97. The monoisotopic (exact) mass is 1590 g/mol. The highest BCUT2D eigenvalue weighted by molar-refractivity contribution is 7.26. The van der Waals surface area contributed by atoms with Crippen molar-refractivity contribution >= 4 is 217 Å². The van der Waals surface area contributed by atoms with Crippen LogP contribution in [-0.2, 0) is 0 Å². The molecule has 0 aliphatic carbocycles. The van der Waals surface area contributed by atoms with Crippen molar-refractivity contribution in [1.82, 2.24) is 0 Å². The first-order valence-corrected chi connectivity index (χ1v) is 42.9. The SMILES string of the molecule is c1ccc(-c2ccc(N(c3ccc4sc5ccccc5c4c3)c3cccc4ccc5c6cc(-c7ccc8oc9ccccc9c8c7)ccc6oc5c34)c3ccccc23)cc1.c1ccc(-c2cccc(-c3cccc(N(c4ccc5sc6ccccc6c5c4)c4cccc5ccc6c7cc(-c8ccc9oc%10ccccc%10c9c8)ccc7oc6c45)c3)c2)cc1. The Hall–Kier alpha value is -15.6. The van der Waals surface area contributed by atoms with E-state index in [1.165, 1.54) is 78.9 Å². The highest BCUT2D eigenvalue weighted by atomic mass is 32.1. The molecular formula is C114H68N2O4S2. The fraction of sp³-hybridized carbons (Fsp3) is 0. The first-order chi connectivity index (χ1) is 60.4. The van der Waals surface area contributed by atoms with Gasteiger partial charge < -0.3 is 27.5 Å². The molecule has 20 aromatic carbocycles. The molecule has 0 bridgehead atoms. The van der Waals surface area contributed by atoms with Gasteiger partial charge in [-0.05, 0) is 230 Å². The predicted octanol–water partition coefficient (Wildman–Crippen LogP) is 34.4. The molecule has 0 N–H and O–H groups in total. The molecule has 8 heteroatoms. The third kappa shape index (κ3) is 11.4. The minimum Gasteiger partial charge on any atom is -0.456 e. The Balaban J connectivity index is 0.000000134. The highest BCUT2D eigenvalue weighted by Crippen LogP contribution is 2.52. The number of furan rings is 4. The van der Waals surface area contributed by atoms with E-state index in [-0.39, 0.29) is 0 Å². The molecule has 0 radical (unpaired) electrons. The van der Waals surface area contributed by atoms with Crippen LogP contribution < -0.4 is 9.80 Å². The van der Waals surface area contributed by atoms with Gasteiger partial charge in [0, 0.05) is 117 Å². The van der Waals surface area contributed by atoms with Crippen LogP contribution in [0.15, 0.2) is 430 Å². The summed E-state index contributed by atoms with van der Waals surface area (Å²) >= 11 is 3.69. The van der Waals surface area contributed by atoms with Crippen molar-refractivity contribution in [2.24, 2.45) is 0 Å². The fourth-order valence-corrected chi connectivity index (χ4v) is 21.1. The van der Waals surface area contributed by atoms with Gasteiger partial charge in [-0.2, -0.15) is 0 Å². The Morgan fingerprint density at radius 1 is 0.172 bits per heavy atom. The molecule has 0 saturated heterocycles. The third-order valence-electron chi connectivity index (χ3n) is 24.7. The average Bonchev–Trinajstić information content (AvgIpc) is 1.49. The van der Waals surface area contributed by atoms with Crippen molar-refractivity contribution in [3.8, 4) is 55.6 Å². The zero-order valence-electron chi connectivity index (χ0n) is 65.6. The maximum Gasteiger partial charge on any atom is 0.145 e. The second-order valence-corrected chi connectivity index (χ2v) is 33.8. The molecule has 0 atom stereocenters. The largest absolute Gasteiger partial charge is 0.456 e. The molecular weight excluding hydrogens is 1530 g/mol. The molecule has 0 spiro atoms. The van der Waals surface area contributed by atoms with Gasteiger partial charge in [-0.3, -0.25) is 0 Å². The molecule has 0 amide bonds. The molecule has 6 nitrogen and oxygen atoms in total. The summed E-state index contributed by atoms with van der Waals surface area (Å²) in [6.45, 7) is 0. The molecule has 570 valence electrons. The topological polar surface area (TPSA) is 59.0 Å². The van der Waals surface area contributed by atoms with Gasteiger partial charge >= 0.3 is 0 Å². The van der Waals surface area contributed by atoms with Gasteiger partial charge in [-0.1, -0.05) is 255 Å². The van der Waals surface area contributed by atoms with Crippen LogP contribution in [0.3, 0.4) is 0 Å². The number of hydrogen-bond acceptors (Lipinski definition) is 8. The summed E-state index contributed by atoms with van der Waals surface area (Å²) in [7, 11) is 0. The van der Waals surface area contributed by atoms with Crippen molar-refractivity contribution < 1.29 is 17.7 Å². The first kappa shape index (κ1) is 69.5. The van der Waals surface area contributed by atoms with E-state index in [2.05, 4.69) is 398 Å². The van der Waals surface area contributed by atoms with Crippen LogP contribution >= 0.6 is 22.7 Å². The number of fused-ring (bicyclic) bond motifs is 23. The molecule has 26 rings (SSSR count). The van der Waals surface area contributed by atoms with Crippen LogP contribution in [0.4, 0.5) is 34.1 Å². The smallest absolute Gasteiger partial charge is 0.145 e. The van der Waals surface area contributed by atoms with Gasteiger partial charge in [-0.15, -0.1) is 22.7 Å². The zero-order valence-corrected chi connectivity index (χ0v) is 67.2. The molecule has 0 fully saturated rings. The molecule has 26 aromatic rings. The average molecular weight is 1590 g/mol. The van der Waals surface area contributed by atoms with E-state index in [4.69, 9.17) is 17.7 Å². The van der Waals surface area contributed by atoms with Gasteiger partial charge in [0.1, 0.15) is 44.7 Å². The van der Waals surface area contributed by atoms with Gasteiger partial charge in [0.2, 0.25) is 0 Å². The molecule has 6 aromatic heterocycles. The lowest BCUT2D eigenvalue weighted by Gasteiger charge is -2.29. The second-order valence-electron chi connectivity index (χ2n) is 31.6. The van der Waals surface area contributed by atoms with E-state index in [1.807, 2.05) is 46.9 Å². The Labute approximate surface area is 707 Å². The normalized spacial score (nSPS) is 11.9. The lowest BCUT2D eigenvalue weighted by atomic mass is 9.95.